The summed E-state index contributed by atoms with van der Waals surface area (Å²) in [6.45, 7) is 10.5. The van der Waals surface area contributed by atoms with Crippen LogP contribution < -0.4 is 0 Å². The van der Waals surface area contributed by atoms with Crippen LogP contribution in [0.4, 0.5) is 0 Å². The molecule has 0 bridgehead atoms. The lowest BCUT2D eigenvalue weighted by Gasteiger charge is -2.43. The average molecular weight is 228 g/mol. The maximum Gasteiger partial charge on any atom is 0.351 e. The zero-order valence-corrected chi connectivity index (χ0v) is 10.8. The molecule has 2 unspecified atom stereocenters. The largest absolute Gasteiger partial charge is 0.444 e. The highest BCUT2D eigenvalue weighted by atomic mass is 16.7. The zero-order chi connectivity index (χ0) is 12.7. The number of ether oxygens (including phenoxy) is 2. The minimum atomic E-state index is -1.16. The molecule has 4 nitrogen and oxygen atoms in total. The van der Waals surface area contributed by atoms with Gasteiger partial charge in [0.2, 0.25) is 11.2 Å². The van der Waals surface area contributed by atoms with Gasteiger partial charge in [-0.3, -0.25) is 0 Å². The Labute approximate surface area is 96.3 Å². The van der Waals surface area contributed by atoms with E-state index in [9.17, 15) is 9.59 Å². The summed E-state index contributed by atoms with van der Waals surface area (Å²) in [4.78, 5) is 23.8. The first-order valence-corrected chi connectivity index (χ1v) is 5.61. The Bertz CT molecular complexity index is 289. The van der Waals surface area contributed by atoms with Gasteiger partial charge in [-0.2, -0.15) is 0 Å². The van der Waals surface area contributed by atoms with E-state index < -0.39 is 23.1 Å². The van der Waals surface area contributed by atoms with E-state index in [4.69, 9.17) is 9.47 Å². The average Bonchev–Trinajstić information content (AvgIpc) is 2.14. The number of cyclic esters (lactones) is 2. The fraction of sp³-hybridized carbons (Fsp3) is 0.833. The molecule has 0 N–H and O–H groups in total. The summed E-state index contributed by atoms with van der Waals surface area (Å²) in [6.07, 6.45) is 0. The molecule has 0 amide bonds. The molecule has 0 aliphatic carbocycles. The standard InChI is InChI=1S/C12H20O4/c1-7(2)11(5)9(13)16-12(6,8(3)4)10(14)15-11/h7-8H,1-6H3. The van der Waals surface area contributed by atoms with E-state index in [0.717, 1.165) is 0 Å². The van der Waals surface area contributed by atoms with Gasteiger partial charge in [0.15, 0.2) is 0 Å². The van der Waals surface area contributed by atoms with Gasteiger partial charge in [0.1, 0.15) is 0 Å². The number of hydrogen-bond donors (Lipinski definition) is 0. The Morgan fingerprint density at radius 1 is 0.812 bits per heavy atom. The van der Waals surface area contributed by atoms with Crippen molar-refractivity contribution in [1.82, 2.24) is 0 Å². The van der Waals surface area contributed by atoms with Crippen LogP contribution in [-0.2, 0) is 19.1 Å². The molecule has 0 aromatic rings. The lowest BCUT2D eigenvalue weighted by molar-refractivity contribution is -0.233. The van der Waals surface area contributed by atoms with Gasteiger partial charge in [-0.1, -0.05) is 27.7 Å². The van der Waals surface area contributed by atoms with Gasteiger partial charge >= 0.3 is 11.9 Å². The Balaban J connectivity index is 3.04. The van der Waals surface area contributed by atoms with E-state index in [1.54, 1.807) is 13.8 Å². The van der Waals surface area contributed by atoms with Crippen LogP contribution in [0.1, 0.15) is 41.5 Å². The van der Waals surface area contributed by atoms with Gasteiger partial charge in [-0.05, 0) is 13.8 Å². The topological polar surface area (TPSA) is 52.6 Å². The summed E-state index contributed by atoms with van der Waals surface area (Å²) in [5.41, 5.74) is -2.32. The van der Waals surface area contributed by atoms with Crippen molar-refractivity contribution < 1.29 is 19.1 Å². The lowest BCUT2D eigenvalue weighted by atomic mass is 9.86. The Morgan fingerprint density at radius 2 is 1.06 bits per heavy atom. The molecule has 0 radical (unpaired) electrons. The molecule has 92 valence electrons. The van der Waals surface area contributed by atoms with Gasteiger partial charge in [0.25, 0.3) is 0 Å². The number of rotatable bonds is 2. The molecule has 1 saturated heterocycles. The molecule has 1 aliphatic heterocycles. The van der Waals surface area contributed by atoms with Crippen LogP contribution in [-0.4, -0.2) is 23.1 Å². The molecule has 0 saturated carbocycles. The summed E-state index contributed by atoms with van der Waals surface area (Å²) < 4.78 is 10.6. The fourth-order valence-electron chi connectivity index (χ4n) is 1.38. The second-order valence-corrected chi connectivity index (χ2v) is 5.30. The van der Waals surface area contributed by atoms with Gasteiger partial charge in [-0.25, -0.2) is 9.59 Å². The van der Waals surface area contributed by atoms with E-state index in [1.165, 1.54) is 0 Å². The molecule has 1 heterocycles. The monoisotopic (exact) mass is 228 g/mol. The summed E-state index contributed by atoms with van der Waals surface area (Å²) in [7, 11) is 0. The lowest BCUT2D eigenvalue weighted by Crippen LogP contribution is -2.61. The van der Waals surface area contributed by atoms with Crippen LogP contribution in [0.25, 0.3) is 0 Å². The van der Waals surface area contributed by atoms with E-state index in [0.29, 0.717) is 0 Å². The van der Waals surface area contributed by atoms with Crippen molar-refractivity contribution in [2.75, 3.05) is 0 Å². The summed E-state index contributed by atoms with van der Waals surface area (Å²) >= 11 is 0. The highest BCUT2D eigenvalue weighted by Crippen LogP contribution is 2.36. The van der Waals surface area contributed by atoms with Crippen LogP contribution in [0.5, 0.6) is 0 Å². The molecule has 2 atom stereocenters. The number of carbonyl (C=O) groups excluding carboxylic acids is 2. The number of hydrogen-bond acceptors (Lipinski definition) is 4. The molecule has 1 rings (SSSR count). The number of carbonyl (C=O) groups is 2. The first-order chi connectivity index (χ1) is 7.14. The minimum absolute atomic E-state index is 0.110. The predicted octanol–water partition coefficient (Wildman–Crippen LogP) is 1.92. The second kappa shape index (κ2) is 3.75. The minimum Gasteiger partial charge on any atom is -0.444 e. The fourth-order valence-corrected chi connectivity index (χ4v) is 1.38. The smallest absolute Gasteiger partial charge is 0.351 e. The molecule has 1 fully saturated rings. The van der Waals surface area contributed by atoms with E-state index in [2.05, 4.69) is 0 Å². The SMILES string of the molecule is CC(C)C1(C)OC(=O)C(C)(C(C)C)OC1=O. The normalized spacial score (nSPS) is 35.2. The molecule has 0 spiro atoms. The predicted molar refractivity (Wildman–Crippen MR) is 58.7 cm³/mol. The van der Waals surface area contributed by atoms with Crippen molar-refractivity contribution in [3.8, 4) is 0 Å². The molecular weight excluding hydrogens is 208 g/mol. The second-order valence-electron chi connectivity index (χ2n) is 5.30. The van der Waals surface area contributed by atoms with Crippen LogP contribution >= 0.6 is 0 Å². The van der Waals surface area contributed by atoms with Gasteiger partial charge in [-0.15, -0.1) is 0 Å². The van der Waals surface area contributed by atoms with Crippen molar-refractivity contribution >= 4 is 11.9 Å². The zero-order valence-electron chi connectivity index (χ0n) is 10.8. The summed E-state index contributed by atoms with van der Waals surface area (Å²) in [5.74, 6) is -1.14. The molecule has 16 heavy (non-hydrogen) atoms. The third kappa shape index (κ3) is 1.70. The Kier molecular flexibility index (Phi) is 3.05. The maximum atomic E-state index is 11.9. The molecular formula is C12H20O4. The van der Waals surface area contributed by atoms with E-state index >= 15 is 0 Å². The van der Waals surface area contributed by atoms with Crippen molar-refractivity contribution in [1.29, 1.82) is 0 Å². The van der Waals surface area contributed by atoms with Gasteiger partial charge < -0.3 is 9.47 Å². The third-order valence-electron chi connectivity index (χ3n) is 3.62. The maximum absolute atomic E-state index is 11.9. The molecule has 0 aromatic heterocycles. The van der Waals surface area contributed by atoms with Crippen molar-refractivity contribution in [2.45, 2.75) is 52.7 Å². The number of esters is 2. The van der Waals surface area contributed by atoms with Crippen LogP contribution in [0.15, 0.2) is 0 Å². The van der Waals surface area contributed by atoms with Crippen LogP contribution in [0.3, 0.4) is 0 Å². The van der Waals surface area contributed by atoms with E-state index in [-0.39, 0.29) is 11.8 Å². The van der Waals surface area contributed by atoms with Gasteiger partial charge in [0.05, 0.1) is 0 Å². The van der Waals surface area contributed by atoms with Crippen LogP contribution in [0, 0.1) is 11.8 Å². The Morgan fingerprint density at radius 3 is 1.25 bits per heavy atom. The molecule has 4 heteroatoms. The Hall–Kier alpha value is -1.06. The molecule has 1 aliphatic rings. The summed E-state index contributed by atoms with van der Waals surface area (Å²) in [6, 6.07) is 0. The van der Waals surface area contributed by atoms with Crippen LogP contribution in [0.2, 0.25) is 0 Å². The van der Waals surface area contributed by atoms with Crippen molar-refractivity contribution in [3.05, 3.63) is 0 Å². The highest BCUT2D eigenvalue weighted by molar-refractivity contribution is 5.92. The van der Waals surface area contributed by atoms with Crippen molar-refractivity contribution in [3.63, 3.8) is 0 Å². The van der Waals surface area contributed by atoms with Crippen molar-refractivity contribution in [2.24, 2.45) is 11.8 Å². The molecule has 0 aromatic carbocycles. The quantitative estimate of drug-likeness (QED) is 0.677. The van der Waals surface area contributed by atoms with E-state index in [1.807, 2.05) is 27.7 Å². The first kappa shape index (κ1) is 13.0. The third-order valence-corrected chi connectivity index (χ3v) is 3.62. The highest BCUT2D eigenvalue weighted by Gasteiger charge is 2.56. The first-order valence-electron chi connectivity index (χ1n) is 5.61. The summed E-state index contributed by atoms with van der Waals surface area (Å²) in [5, 5.41) is 0. The van der Waals surface area contributed by atoms with Gasteiger partial charge in [0, 0.05) is 11.8 Å².